The van der Waals surface area contributed by atoms with Crippen molar-refractivity contribution in [3.63, 3.8) is 0 Å². The van der Waals surface area contributed by atoms with E-state index in [1.807, 2.05) is 0 Å². The van der Waals surface area contributed by atoms with E-state index in [4.69, 9.17) is 10.9 Å². The first-order valence-corrected chi connectivity index (χ1v) is 7.83. The van der Waals surface area contributed by atoms with E-state index in [0.717, 1.165) is 12.8 Å². The number of hydroxylamine groups is 1. The highest BCUT2D eigenvalue weighted by atomic mass is 79.9. The lowest BCUT2D eigenvalue weighted by molar-refractivity contribution is -0.117. The molecule has 0 spiro atoms. The molecule has 116 valence electrons. The van der Waals surface area contributed by atoms with Crippen LogP contribution < -0.4 is 16.5 Å². The second-order valence-corrected chi connectivity index (χ2v) is 5.19. The van der Waals surface area contributed by atoms with Crippen LogP contribution in [0.15, 0.2) is 24.3 Å². The number of alkyl halides is 1. The Kier molecular flexibility index (Phi) is 8.14. The Labute approximate surface area is 132 Å². The molecule has 0 aliphatic heterocycles. The third kappa shape index (κ3) is 6.34. The van der Waals surface area contributed by atoms with Crippen molar-refractivity contribution in [1.29, 1.82) is 0 Å². The van der Waals surface area contributed by atoms with Crippen LogP contribution in [0.3, 0.4) is 0 Å². The van der Waals surface area contributed by atoms with E-state index in [1.54, 1.807) is 24.3 Å². The number of hydrogen-bond donors (Lipinski definition) is 4. The Morgan fingerprint density at radius 3 is 2.48 bits per heavy atom. The van der Waals surface area contributed by atoms with Crippen LogP contribution in [0, 0.1) is 0 Å². The van der Waals surface area contributed by atoms with E-state index < -0.39 is 6.04 Å². The summed E-state index contributed by atoms with van der Waals surface area (Å²) >= 11 is 3.11. The molecular formula is C14H20BrN3O3. The number of amides is 1. The number of carbonyl (C=O) groups excluding carboxylic acids is 2. The number of nitrogens with two attached hydrogens (primary N) is 1. The lowest BCUT2D eigenvalue weighted by atomic mass is 10.1. The van der Waals surface area contributed by atoms with Gasteiger partial charge in [-0.3, -0.25) is 9.59 Å². The molecule has 0 aliphatic rings. The molecule has 0 unspecified atom stereocenters. The molecule has 1 atom stereocenters. The molecular weight excluding hydrogens is 338 g/mol. The summed E-state index contributed by atoms with van der Waals surface area (Å²) in [5.74, 6) is -0.270. The topological polar surface area (TPSA) is 104 Å². The Morgan fingerprint density at radius 2 is 1.90 bits per heavy atom. The number of anilines is 1. The van der Waals surface area contributed by atoms with Crippen molar-refractivity contribution in [1.82, 2.24) is 5.48 Å². The fourth-order valence-corrected chi connectivity index (χ4v) is 2.07. The first-order chi connectivity index (χ1) is 10.1. The second kappa shape index (κ2) is 9.62. The van der Waals surface area contributed by atoms with Gasteiger partial charge in [-0.2, -0.15) is 0 Å². The summed E-state index contributed by atoms with van der Waals surface area (Å²) in [6.07, 6.45) is 2.05. The molecule has 1 rings (SSSR count). The van der Waals surface area contributed by atoms with Gasteiger partial charge >= 0.3 is 0 Å². The number of ketones is 1. The highest BCUT2D eigenvalue weighted by Gasteiger charge is 2.13. The zero-order valence-corrected chi connectivity index (χ0v) is 13.2. The van der Waals surface area contributed by atoms with Gasteiger partial charge in [-0.05, 0) is 37.1 Å². The quantitative estimate of drug-likeness (QED) is 0.233. The van der Waals surface area contributed by atoms with Crippen LogP contribution in [0.4, 0.5) is 5.69 Å². The predicted molar refractivity (Wildman–Crippen MR) is 84.8 cm³/mol. The molecule has 1 amide bonds. The minimum Gasteiger partial charge on any atom is -0.325 e. The molecule has 0 aliphatic carbocycles. The molecule has 0 saturated carbocycles. The second-order valence-electron chi connectivity index (χ2n) is 4.63. The molecule has 1 aromatic rings. The molecule has 7 heteroatoms. The first kappa shape index (κ1) is 17.8. The van der Waals surface area contributed by atoms with Crippen molar-refractivity contribution < 1.29 is 14.8 Å². The van der Waals surface area contributed by atoms with Crippen LogP contribution in [-0.2, 0) is 4.79 Å². The smallest absolute Gasteiger partial charge is 0.241 e. The van der Waals surface area contributed by atoms with Crippen LogP contribution >= 0.6 is 15.9 Å². The van der Waals surface area contributed by atoms with E-state index >= 15 is 0 Å². The first-order valence-electron chi connectivity index (χ1n) is 6.71. The highest BCUT2D eigenvalue weighted by molar-refractivity contribution is 9.09. The minimum atomic E-state index is -0.590. The van der Waals surface area contributed by atoms with Crippen LogP contribution in [0.2, 0.25) is 0 Å². The summed E-state index contributed by atoms with van der Waals surface area (Å²) in [5.41, 5.74) is 9.05. The molecule has 0 fully saturated rings. The third-order valence-corrected chi connectivity index (χ3v) is 3.50. The van der Waals surface area contributed by atoms with E-state index in [-0.39, 0.29) is 17.0 Å². The van der Waals surface area contributed by atoms with Crippen LogP contribution in [0.25, 0.3) is 0 Å². The van der Waals surface area contributed by atoms with Crippen molar-refractivity contribution >= 4 is 33.3 Å². The van der Waals surface area contributed by atoms with E-state index in [2.05, 4.69) is 26.7 Å². The zero-order chi connectivity index (χ0) is 15.7. The van der Waals surface area contributed by atoms with Crippen molar-refractivity contribution in [3.8, 4) is 0 Å². The summed E-state index contributed by atoms with van der Waals surface area (Å²) in [4.78, 5) is 23.3. The van der Waals surface area contributed by atoms with Gasteiger partial charge in [0.05, 0.1) is 11.4 Å². The number of rotatable bonds is 9. The third-order valence-electron chi connectivity index (χ3n) is 2.99. The zero-order valence-electron chi connectivity index (χ0n) is 11.6. The highest BCUT2D eigenvalue weighted by Crippen LogP contribution is 2.12. The van der Waals surface area contributed by atoms with E-state index in [1.165, 1.54) is 0 Å². The number of carbonyl (C=O) groups is 2. The Balaban J connectivity index is 2.45. The van der Waals surface area contributed by atoms with Gasteiger partial charge in [0.1, 0.15) is 0 Å². The van der Waals surface area contributed by atoms with Crippen LogP contribution in [0.1, 0.15) is 29.6 Å². The van der Waals surface area contributed by atoms with Crippen molar-refractivity contribution in [3.05, 3.63) is 29.8 Å². The van der Waals surface area contributed by atoms with Gasteiger partial charge in [0.2, 0.25) is 5.91 Å². The molecule has 0 aromatic heterocycles. The number of nitrogens with one attached hydrogen (secondary N) is 2. The van der Waals surface area contributed by atoms with Crippen molar-refractivity contribution in [2.24, 2.45) is 5.73 Å². The largest absolute Gasteiger partial charge is 0.325 e. The number of Topliss-reactive ketones (excluding diaryl/α,β-unsaturated/α-hetero) is 1. The Morgan fingerprint density at radius 1 is 1.24 bits per heavy atom. The SMILES string of the molecule is N[C@@H](CCCCNO)C(=O)Nc1ccc(C(=O)CBr)cc1. The molecule has 21 heavy (non-hydrogen) atoms. The fraction of sp³-hybridized carbons (Fsp3) is 0.429. The summed E-state index contributed by atoms with van der Waals surface area (Å²) < 4.78 is 0. The molecule has 1 aromatic carbocycles. The number of hydrogen-bond acceptors (Lipinski definition) is 5. The number of halogens is 1. The summed E-state index contributed by atoms with van der Waals surface area (Å²) in [6.45, 7) is 0.484. The maximum absolute atomic E-state index is 11.9. The maximum atomic E-state index is 11.9. The molecule has 6 nitrogen and oxygen atoms in total. The standard InChI is InChI=1S/C14H20BrN3O3/c15-9-13(19)10-4-6-11(7-5-10)18-14(20)12(16)3-1-2-8-17-21/h4-7,12,17,21H,1-3,8-9,16H2,(H,18,20)/t12-/m0/s1. The minimum absolute atomic E-state index is 0.0120. The average Bonchev–Trinajstić information content (AvgIpc) is 2.51. The Bertz CT molecular complexity index is 465. The van der Waals surface area contributed by atoms with Crippen LogP contribution in [-0.4, -0.2) is 34.8 Å². The molecule has 0 bridgehead atoms. The average molecular weight is 358 g/mol. The van der Waals surface area contributed by atoms with E-state index in [0.29, 0.717) is 24.2 Å². The summed E-state index contributed by atoms with van der Waals surface area (Å²) in [6, 6.07) is 6.09. The van der Waals surface area contributed by atoms with E-state index in [9.17, 15) is 9.59 Å². The summed E-state index contributed by atoms with van der Waals surface area (Å²) in [5, 5.41) is 11.4. The molecule has 0 radical (unpaired) electrons. The van der Waals surface area contributed by atoms with Gasteiger partial charge in [0.25, 0.3) is 0 Å². The summed E-state index contributed by atoms with van der Waals surface area (Å²) in [7, 11) is 0. The molecule has 0 heterocycles. The van der Waals surface area contributed by atoms with Gasteiger partial charge in [-0.15, -0.1) is 0 Å². The number of unbranched alkanes of at least 4 members (excludes halogenated alkanes) is 1. The van der Waals surface area contributed by atoms with Crippen molar-refractivity contribution in [2.45, 2.75) is 25.3 Å². The lowest BCUT2D eigenvalue weighted by Crippen LogP contribution is -2.35. The Hall–Kier alpha value is -1.28. The predicted octanol–water partition coefficient (Wildman–Crippen LogP) is 1.68. The number of benzene rings is 1. The molecule has 0 saturated heterocycles. The van der Waals surface area contributed by atoms with Gasteiger partial charge in [-0.1, -0.05) is 22.4 Å². The normalized spacial score (nSPS) is 12.0. The van der Waals surface area contributed by atoms with Gasteiger partial charge in [0, 0.05) is 17.8 Å². The monoisotopic (exact) mass is 357 g/mol. The van der Waals surface area contributed by atoms with Crippen molar-refractivity contribution in [2.75, 3.05) is 17.2 Å². The van der Waals surface area contributed by atoms with Gasteiger partial charge in [0.15, 0.2) is 5.78 Å². The van der Waals surface area contributed by atoms with Gasteiger partial charge < -0.3 is 16.3 Å². The maximum Gasteiger partial charge on any atom is 0.241 e. The van der Waals surface area contributed by atoms with Crippen LogP contribution in [0.5, 0.6) is 0 Å². The fourth-order valence-electron chi connectivity index (χ4n) is 1.75. The molecule has 5 N–H and O–H groups in total. The lowest BCUT2D eigenvalue weighted by Gasteiger charge is -2.12. The van der Waals surface area contributed by atoms with Gasteiger partial charge in [-0.25, -0.2) is 5.48 Å².